The van der Waals surface area contributed by atoms with Gasteiger partial charge in [-0.25, -0.2) is 0 Å². The summed E-state index contributed by atoms with van der Waals surface area (Å²) >= 11 is 0. The lowest BCUT2D eigenvalue weighted by atomic mass is 10.00. The number of methoxy groups -OCH3 is 1. The Morgan fingerprint density at radius 2 is 2.00 bits per heavy atom. The Morgan fingerprint density at radius 3 is 2.56 bits per heavy atom. The van der Waals surface area contributed by atoms with E-state index >= 15 is 0 Å². The van der Waals surface area contributed by atoms with Gasteiger partial charge in [-0.1, -0.05) is 24.3 Å². The number of hydrogen-bond acceptors (Lipinski definition) is 2. The maximum atomic E-state index is 9.92. The van der Waals surface area contributed by atoms with E-state index in [4.69, 9.17) is 4.74 Å². The van der Waals surface area contributed by atoms with Crippen LogP contribution in [0.3, 0.4) is 0 Å². The molecule has 16 heavy (non-hydrogen) atoms. The van der Waals surface area contributed by atoms with Crippen molar-refractivity contribution in [2.45, 2.75) is 43.3 Å². The van der Waals surface area contributed by atoms with Gasteiger partial charge in [-0.2, -0.15) is 0 Å². The van der Waals surface area contributed by atoms with Crippen molar-refractivity contribution in [3.05, 3.63) is 35.4 Å². The van der Waals surface area contributed by atoms with Gasteiger partial charge in [0.05, 0.1) is 11.2 Å². The van der Waals surface area contributed by atoms with E-state index in [-0.39, 0.29) is 5.60 Å². The molecule has 0 aromatic heterocycles. The van der Waals surface area contributed by atoms with Gasteiger partial charge >= 0.3 is 0 Å². The predicted octanol–water partition coefficient (Wildman–Crippen LogP) is 2.39. The predicted molar refractivity (Wildman–Crippen MR) is 62.3 cm³/mol. The van der Waals surface area contributed by atoms with Crippen LogP contribution in [0, 0.1) is 0 Å². The molecule has 2 aliphatic rings. The van der Waals surface area contributed by atoms with Gasteiger partial charge < -0.3 is 9.84 Å². The smallest absolute Gasteiger partial charge is 0.0930 e. The third kappa shape index (κ3) is 1.76. The van der Waals surface area contributed by atoms with Gasteiger partial charge in [0.2, 0.25) is 0 Å². The van der Waals surface area contributed by atoms with Gasteiger partial charge in [0.25, 0.3) is 0 Å². The average Bonchev–Trinajstić information content (AvgIpc) is 3.17. The van der Waals surface area contributed by atoms with E-state index < -0.39 is 5.60 Å². The Hall–Kier alpha value is -0.860. The Morgan fingerprint density at radius 1 is 1.25 bits per heavy atom. The molecule has 2 heteroatoms. The highest BCUT2D eigenvalue weighted by molar-refractivity contribution is 5.33. The molecular formula is C14H18O2. The zero-order chi connectivity index (χ0) is 11.2. The third-order valence-electron chi connectivity index (χ3n) is 3.91. The van der Waals surface area contributed by atoms with Gasteiger partial charge in [-0.05, 0) is 36.8 Å². The fourth-order valence-electron chi connectivity index (χ4n) is 2.39. The van der Waals surface area contributed by atoms with Crippen LogP contribution in [0.2, 0.25) is 0 Å². The van der Waals surface area contributed by atoms with Crippen LogP contribution in [0.5, 0.6) is 0 Å². The molecule has 1 aromatic carbocycles. The second kappa shape index (κ2) is 3.31. The summed E-state index contributed by atoms with van der Waals surface area (Å²) in [7, 11) is 1.79. The van der Waals surface area contributed by atoms with Crippen LogP contribution in [0.15, 0.2) is 24.3 Å². The summed E-state index contributed by atoms with van der Waals surface area (Å²) in [6, 6.07) is 8.52. The Kier molecular flexibility index (Phi) is 2.13. The third-order valence-corrected chi connectivity index (χ3v) is 3.91. The zero-order valence-corrected chi connectivity index (χ0v) is 9.70. The molecule has 2 fully saturated rings. The van der Waals surface area contributed by atoms with Gasteiger partial charge in [-0.3, -0.25) is 0 Å². The number of rotatable bonds is 4. The van der Waals surface area contributed by atoms with E-state index in [9.17, 15) is 5.11 Å². The molecule has 0 spiro atoms. The van der Waals surface area contributed by atoms with Crippen molar-refractivity contribution in [3.63, 3.8) is 0 Å². The lowest BCUT2D eigenvalue weighted by Crippen LogP contribution is -2.13. The molecule has 1 aromatic rings. The molecule has 0 unspecified atom stereocenters. The molecule has 2 aliphatic carbocycles. The first-order valence-corrected chi connectivity index (χ1v) is 6.03. The molecule has 0 heterocycles. The van der Waals surface area contributed by atoms with Crippen molar-refractivity contribution in [2.24, 2.45) is 0 Å². The first-order valence-electron chi connectivity index (χ1n) is 6.03. The normalized spacial score (nSPS) is 24.1. The van der Waals surface area contributed by atoms with Crippen molar-refractivity contribution in [1.82, 2.24) is 0 Å². The number of aliphatic hydroxyl groups is 1. The van der Waals surface area contributed by atoms with Crippen molar-refractivity contribution in [3.8, 4) is 0 Å². The quantitative estimate of drug-likeness (QED) is 0.840. The van der Waals surface area contributed by atoms with E-state index in [1.54, 1.807) is 7.11 Å². The molecule has 0 bridgehead atoms. The lowest BCUT2D eigenvalue weighted by molar-refractivity contribution is 0.0787. The zero-order valence-electron chi connectivity index (χ0n) is 9.70. The maximum absolute atomic E-state index is 9.92. The highest BCUT2D eigenvalue weighted by atomic mass is 16.5. The van der Waals surface area contributed by atoms with Crippen LogP contribution in [-0.4, -0.2) is 17.8 Å². The number of ether oxygens (including phenoxy) is 1. The van der Waals surface area contributed by atoms with Crippen molar-refractivity contribution in [2.75, 3.05) is 7.11 Å². The van der Waals surface area contributed by atoms with E-state index in [0.29, 0.717) is 0 Å². The van der Waals surface area contributed by atoms with Crippen molar-refractivity contribution in [1.29, 1.82) is 0 Å². The van der Waals surface area contributed by atoms with Gasteiger partial charge in [0, 0.05) is 13.5 Å². The summed E-state index contributed by atoms with van der Waals surface area (Å²) in [5.41, 5.74) is 2.10. The van der Waals surface area contributed by atoms with Gasteiger partial charge in [0.15, 0.2) is 0 Å². The number of benzene rings is 1. The molecule has 0 amide bonds. The standard InChI is InChI=1S/C14H18O2/c1-16-14(7-8-14)12-4-2-3-11(9-12)10-13(15)5-6-13/h2-4,9,15H,5-8,10H2,1H3. The molecule has 3 rings (SSSR count). The topological polar surface area (TPSA) is 29.5 Å². The molecule has 0 saturated heterocycles. The Bertz CT molecular complexity index is 403. The molecule has 2 saturated carbocycles. The average molecular weight is 218 g/mol. The molecular weight excluding hydrogens is 200 g/mol. The summed E-state index contributed by atoms with van der Waals surface area (Å²) in [5, 5.41) is 9.92. The van der Waals surface area contributed by atoms with E-state index in [1.807, 2.05) is 0 Å². The molecule has 86 valence electrons. The van der Waals surface area contributed by atoms with Crippen LogP contribution in [0.25, 0.3) is 0 Å². The summed E-state index contributed by atoms with van der Waals surface area (Å²) < 4.78 is 5.57. The first-order chi connectivity index (χ1) is 7.66. The summed E-state index contributed by atoms with van der Waals surface area (Å²) in [4.78, 5) is 0. The molecule has 0 atom stereocenters. The highest BCUT2D eigenvalue weighted by Gasteiger charge is 2.45. The lowest BCUT2D eigenvalue weighted by Gasteiger charge is -2.15. The minimum absolute atomic E-state index is 0.0117. The monoisotopic (exact) mass is 218 g/mol. The van der Waals surface area contributed by atoms with E-state index in [2.05, 4.69) is 24.3 Å². The minimum atomic E-state index is -0.400. The van der Waals surface area contributed by atoms with E-state index in [1.165, 1.54) is 11.1 Å². The van der Waals surface area contributed by atoms with Crippen LogP contribution in [0.4, 0.5) is 0 Å². The Labute approximate surface area is 96.2 Å². The first kappa shape index (κ1) is 10.3. The number of hydrogen-bond donors (Lipinski definition) is 1. The van der Waals surface area contributed by atoms with Crippen molar-refractivity contribution >= 4 is 0 Å². The fourth-order valence-corrected chi connectivity index (χ4v) is 2.39. The maximum Gasteiger partial charge on any atom is 0.0930 e. The SMILES string of the molecule is COC1(c2cccc(CC3(O)CC3)c2)CC1. The van der Waals surface area contributed by atoms with E-state index in [0.717, 1.165) is 32.1 Å². The Balaban J connectivity index is 1.82. The summed E-state index contributed by atoms with van der Waals surface area (Å²) in [6.07, 6.45) is 4.94. The van der Waals surface area contributed by atoms with Crippen LogP contribution < -0.4 is 0 Å². The summed E-state index contributed by atoms with van der Waals surface area (Å²) in [6.45, 7) is 0. The van der Waals surface area contributed by atoms with Crippen LogP contribution in [0.1, 0.15) is 36.8 Å². The summed E-state index contributed by atoms with van der Waals surface area (Å²) in [5.74, 6) is 0. The second-order valence-electron chi connectivity index (χ2n) is 5.30. The van der Waals surface area contributed by atoms with Crippen molar-refractivity contribution < 1.29 is 9.84 Å². The molecule has 0 radical (unpaired) electrons. The van der Waals surface area contributed by atoms with Gasteiger partial charge in [0.1, 0.15) is 0 Å². The fraction of sp³-hybridized carbons (Fsp3) is 0.571. The van der Waals surface area contributed by atoms with Gasteiger partial charge in [-0.15, -0.1) is 0 Å². The molecule has 2 nitrogen and oxygen atoms in total. The molecule has 0 aliphatic heterocycles. The minimum Gasteiger partial charge on any atom is -0.390 e. The van der Waals surface area contributed by atoms with Crippen LogP contribution in [-0.2, 0) is 16.8 Å². The van der Waals surface area contributed by atoms with Crippen LogP contribution >= 0.6 is 0 Å². The highest BCUT2D eigenvalue weighted by Crippen LogP contribution is 2.49. The largest absolute Gasteiger partial charge is 0.390 e. The molecule has 1 N–H and O–H groups in total. The second-order valence-corrected chi connectivity index (χ2v) is 5.30.